The zero-order chi connectivity index (χ0) is 14.3. The smallest absolute Gasteiger partial charge is 0.304 e. The second-order valence-electron chi connectivity index (χ2n) is 5.19. The van der Waals surface area contributed by atoms with Crippen LogP contribution in [0.4, 0.5) is 0 Å². The van der Waals surface area contributed by atoms with Gasteiger partial charge in [0, 0.05) is 5.92 Å². The summed E-state index contributed by atoms with van der Waals surface area (Å²) in [5.74, 6) is -0.103. The van der Waals surface area contributed by atoms with Gasteiger partial charge in [0.2, 0.25) is 0 Å². The molecular weight excluding hydrogens is 252 g/mol. The number of fused-ring (bicyclic) bond motifs is 3. The highest BCUT2D eigenvalue weighted by Crippen LogP contribution is 2.47. The summed E-state index contributed by atoms with van der Waals surface area (Å²) in [6, 6.07) is 12.1. The molecule has 0 radical (unpaired) electrons. The summed E-state index contributed by atoms with van der Waals surface area (Å²) in [5, 5.41) is 9.19. The molecule has 1 aliphatic rings. The highest BCUT2D eigenvalue weighted by atomic mass is 16.5. The highest BCUT2D eigenvalue weighted by Gasteiger charge is 2.30. The predicted octanol–water partition coefficient (Wildman–Crippen LogP) is 3.59. The number of benzene rings is 2. The molecule has 2 aromatic rings. The number of rotatable bonds is 3. The maximum atomic E-state index is 11.2. The first-order valence-corrected chi connectivity index (χ1v) is 6.61. The fourth-order valence-electron chi connectivity index (χ4n) is 2.98. The Hall–Kier alpha value is -2.29. The van der Waals surface area contributed by atoms with Crippen molar-refractivity contribution >= 4 is 5.97 Å². The molecule has 0 saturated carbocycles. The molecule has 0 aliphatic heterocycles. The molecule has 102 valence electrons. The number of carboxylic acid groups (broad SMARTS) is 1. The number of carbonyl (C=O) groups is 1. The largest absolute Gasteiger partial charge is 0.497 e. The Balaban J connectivity index is 2.19. The van der Waals surface area contributed by atoms with Gasteiger partial charge in [0.1, 0.15) is 5.75 Å². The third kappa shape index (κ3) is 1.95. The summed E-state index contributed by atoms with van der Waals surface area (Å²) in [5.41, 5.74) is 5.56. The molecule has 0 spiro atoms. The second kappa shape index (κ2) is 4.67. The Morgan fingerprint density at radius 2 is 1.80 bits per heavy atom. The number of hydrogen-bond acceptors (Lipinski definition) is 2. The van der Waals surface area contributed by atoms with E-state index in [1.54, 1.807) is 7.11 Å². The van der Waals surface area contributed by atoms with E-state index < -0.39 is 5.97 Å². The van der Waals surface area contributed by atoms with Crippen molar-refractivity contribution in [2.24, 2.45) is 0 Å². The Kier molecular flexibility index (Phi) is 2.97. The van der Waals surface area contributed by atoms with Crippen LogP contribution in [0.3, 0.4) is 0 Å². The van der Waals surface area contributed by atoms with Gasteiger partial charge >= 0.3 is 5.97 Å². The number of hydrogen-bond donors (Lipinski definition) is 1. The van der Waals surface area contributed by atoms with Gasteiger partial charge in [-0.25, -0.2) is 0 Å². The minimum Gasteiger partial charge on any atom is -0.497 e. The van der Waals surface area contributed by atoms with E-state index in [9.17, 15) is 9.90 Å². The molecule has 1 unspecified atom stereocenters. The number of ether oxygens (including phenoxy) is 1. The molecule has 2 aromatic carbocycles. The van der Waals surface area contributed by atoms with Gasteiger partial charge in [0.05, 0.1) is 13.5 Å². The van der Waals surface area contributed by atoms with E-state index in [1.807, 2.05) is 25.1 Å². The van der Waals surface area contributed by atoms with Crippen molar-refractivity contribution in [3.8, 4) is 16.9 Å². The zero-order valence-electron chi connectivity index (χ0n) is 11.5. The van der Waals surface area contributed by atoms with E-state index in [0.717, 1.165) is 33.6 Å². The van der Waals surface area contributed by atoms with Gasteiger partial charge in [-0.15, -0.1) is 0 Å². The second-order valence-corrected chi connectivity index (χ2v) is 5.19. The van der Waals surface area contributed by atoms with Crippen molar-refractivity contribution in [2.75, 3.05) is 7.11 Å². The molecule has 0 aromatic heterocycles. The SMILES string of the molecule is COc1ccc2c(c1)C(CC(=O)O)c1cc(C)ccc1-2. The lowest BCUT2D eigenvalue weighted by atomic mass is 9.93. The summed E-state index contributed by atoms with van der Waals surface area (Å²) < 4.78 is 5.27. The zero-order valence-corrected chi connectivity index (χ0v) is 11.5. The predicted molar refractivity (Wildman–Crippen MR) is 77.3 cm³/mol. The Morgan fingerprint density at radius 3 is 2.45 bits per heavy atom. The van der Waals surface area contributed by atoms with E-state index in [2.05, 4.69) is 18.2 Å². The molecule has 1 aliphatic carbocycles. The monoisotopic (exact) mass is 268 g/mol. The van der Waals surface area contributed by atoms with Crippen molar-refractivity contribution in [1.82, 2.24) is 0 Å². The molecule has 3 rings (SSSR count). The van der Waals surface area contributed by atoms with Crippen LogP contribution in [-0.2, 0) is 4.79 Å². The molecule has 0 bridgehead atoms. The molecule has 0 amide bonds. The quantitative estimate of drug-likeness (QED) is 0.925. The fourth-order valence-corrected chi connectivity index (χ4v) is 2.98. The molecule has 1 atom stereocenters. The first kappa shape index (κ1) is 12.7. The van der Waals surface area contributed by atoms with Gasteiger partial charge in [-0.1, -0.05) is 29.8 Å². The summed E-state index contributed by atoms with van der Waals surface area (Å²) in [6.45, 7) is 2.03. The van der Waals surface area contributed by atoms with Crippen LogP contribution in [0.25, 0.3) is 11.1 Å². The van der Waals surface area contributed by atoms with Crippen LogP contribution in [0.5, 0.6) is 5.75 Å². The van der Waals surface area contributed by atoms with Crippen LogP contribution >= 0.6 is 0 Å². The summed E-state index contributed by atoms with van der Waals surface area (Å²) in [6.07, 6.45) is 0.108. The van der Waals surface area contributed by atoms with Crippen LogP contribution in [0.1, 0.15) is 29.0 Å². The number of aliphatic carboxylic acids is 1. The van der Waals surface area contributed by atoms with Crippen LogP contribution in [0.2, 0.25) is 0 Å². The van der Waals surface area contributed by atoms with Crippen LogP contribution < -0.4 is 4.74 Å². The molecule has 20 heavy (non-hydrogen) atoms. The topological polar surface area (TPSA) is 46.5 Å². The van der Waals surface area contributed by atoms with Gasteiger partial charge in [0.25, 0.3) is 0 Å². The lowest BCUT2D eigenvalue weighted by Gasteiger charge is -2.12. The lowest BCUT2D eigenvalue weighted by Crippen LogP contribution is -2.05. The van der Waals surface area contributed by atoms with Crippen molar-refractivity contribution in [2.45, 2.75) is 19.3 Å². The summed E-state index contributed by atoms with van der Waals surface area (Å²) >= 11 is 0. The van der Waals surface area contributed by atoms with Gasteiger partial charge in [0.15, 0.2) is 0 Å². The molecule has 0 saturated heterocycles. The van der Waals surface area contributed by atoms with E-state index in [0.29, 0.717) is 0 Å². The molecule has 3 heteroatoms. The first-order chi connectivity index (χ1) is 9.60. The molecule has 1 N–H and O–H groups in total. The maximum Gasteiger partial charge on any atom is 0.304 e. The fraction of sp³-hybridized carbons (Fsp3) is 0.235. The van der Waals surface area contributed by atoms with Gasteiger partial charge in [-0.3, -0.25) is 4.79 Å². The van der Waals surface area contributed by atoms with E-state index >= 15 is 0 Å². The van der Waals surface area contributed by atoms with Crippen molar-refractivity contribution in [3.05, 3.63) is 53.1 Å². The minimum absolute atomic E-state index is 0.0903. The highest BCUT2D eigenvalue weighted by molar-refractivity contribution is 5.82. The van der Waals surface area contributed by atoms with Crippen molar-refractivity contribution in [3.63, 3.8) is 0 Å². The van der Waals surface area contributed by atoms with E-state index in [4.69, 9.17) is 4.74 Å². The third-order valence-corrected chi connectivity index (χ3v) is 3.89. The van der Waals surface area contributed by atoms with Gasteiger partial charge in [-0.05, 0) is 41.3 Å². The Bertz CT molecular complexity index is 689. The summed E-state index contributed by atoms with van der Waals surface area (Å²) in [4.78, 5) is 11.2. The maximum absolute atomic E-state index is 11.2. The molecule has 3 nitrogen and oxygen atoms in total. The average Bonchev–Trinajstić information content (AvgIpc) is 2.71. The van der Waals surface area contributed by atoms with Gasteiger partial charge < -0.3 is 9.84 Å². The first-order valence-electron chi connectivity index (χ1n) is 6.61. The normalized spacial score (nSPS) is 15.6. The number of methoxy groups -OCH3 is 1. The van der Waals surface area contributed by atoms with Crippen molar-refractivity contribution < 1.29 is 14.6 Å². The Morgan fingerprint density at radius 1 is 1.15 bits per heavy atom. The van der Waals surface area contributed by atoms with Crippen molar-refractivity contribution in [1.29, 1.82) is 0 Å². The third-order valence-electron chi connectivity index (χ3n) is 3.89. The van der Waals surface area contributed by atoms with Crippen LogP contribution in [-0.4, -0.2) is 18.2 Å². The van der Waals surface area contributed by atoms with E-state index in [-0.39, 0.29) is 12.3 Å². The average molecular weight is 268 g/mol. The molecule has 0 heterocycles. The van der Waals surface area contributed by atoms with Crippen LogP contribution in [0, 0.1) is 6.92 Å². The minimum atomic E-state index is -0.780. The number of aryl methyl sites for hydroxylation is 1. The summed E-state index contributed by atoms with van der Waals surface area (Å²) in [7, 11) is 1.63. The Labute approximate surface area is 117 Å². The lowest BCUT2D eigenvalue weighted by molar-refractivity contribution is -0.137. The van der Waals surface area contributed by atoms with E-state index in [1.165, 1.54) is 0 Å². The van der Waals surface area contributed by atoms with Gasteiger partial charge in [-0.2, -0.15) is 0 Å². The molecule has 0 fully saturated rings. The number of carboxylic acids is 1. The molecular formula is C17H16O3. The van der Waals surface area contributed by atoms with Crippen LogP contribution in [0.15, 0.2) is 36.4 Å². The standard InChI is InChI=1S/C17H16O3/c1-10-3-5-12-13-6-4-11(20-2)8-15(13)16(9-17(18)19)14(12)7-10/h3-8,16H,9H2,1-2H3,(H,18,19).